The highest BCUT2D eigenvalue weighted by Crippen LogP contribution is 2.38. The Kier molecular flexibility index (Phi) is 1.87. The second kappa shape index (κ2) is 2.80. The van der Waals surface area contributed by atoms with Gasteiger partial charge in [0.25, 0.3) is 0 Å². The Morgan fingerprint density at radius 1 is 1.62 bits per heavy atom. The van der Waals surface area contributed by atoms with Crippen LogP contribution in [-0.4, -0.2) is 15.2 Å². The van der Waals surface area contributed by atoms with Gasteiger partial charge in [-0.25, -0.2) is 4.98 Å². The Labute approximate surface area is 77.9 Å². The number of nitrogens with zero attached hydrogens (tertiary/aromatic N) is 2. The molecule has 1 fully saturated rings. The fourth-order valence-electron chi connectivity index (χ4n) is 1.23. The molecule has 13 heavy (non-hydrogen) atoms. The minimum Gasteiger partial charge on any atom is -0.319 e. The van der Waals surface area contributed by atoms with Crippen molar-refractivity contribution < 1.29 is 0 Å². The summed E-state index contributed by atoms with van der Waals surface area (Å²) in [6.07, 6.45) is 3.33. The first-order chi connectivity index (χ1) is 6.13. The SMILES string of the molecule is CCC(C)(N)c1n[nH]c(C2CC2)n1. The molecule has 1 aliphatic rings. The maximum atomic E-state index is 6.03. The molecule has 1 saturated carbocycles. The number of aromatic amines is 1. The minimum absolute atomic E-state index is 0.385. The van der Waals surface area contributed by atoms with Crippen LogP contribution in [0.3, 0.4) is 0 Å². The molecule has 0 radical (unpaired) electrons. The normalized spacial score (nSPS) is 21.5. The number of nitrogens with one attached hydrogen (secondary N) is 1. The fourth-order valence-corrected chi connectivity index (χ4v) is 1.23. The van der Waals surface area contributed by atoms with Gasteiger partial charge in [0, 0.05) is 5.92 Å². The quantitative estimate of drug-likeness (QED) is 0.736. The highest BCUT2D eigenvalue weighted by atomic mass is 15.2. The highest BCUT2D eigenvalue weighted by molar-refractivity contribution is 5.09. The summed E-state index contributed by atoms with van der Waals surface area (Å²) in [5, 5.41) is 7.13. The number of aromatic nitrogens is 3. The molecule has 1 aromatic rings. The molecular formula is C9H16N4. The van der Waals surface area contributed by atoms with Crippen LogP contribution in [0, 0.1) is 0 Å². The predicted molar refractivity (Wildman–Crippen MR) is 50.2 cm³/mol. The van der Waals surface area contributed by atoms with E-state index in [1.54, 1.807) is 0 Å². The van der Waals surface area contributed by atoms with Gasteiger partial charge in [0.1, 0.15) is 5.82 Å². The van der Waals surface area contributed by atoms with E-state index >= 15 is 0 Å². The monoisotopic (exact) mass is 180 g/mol. The molecular weight excluding hydrogens is 164 g/mol. The average Bonchev–Trinajstić information content (AvgIpc) is 2.83. The Hall–Kier alpha value is -0.900. The Bertz CT molecular complexity index is 298. The van der Waals surface area contributed by atoms with E-state index in [0.29, 0.717) is 5.92 Å². The molecule has 4 heteroatoms. The van der Waals surface area contributed by atoms with Gasteiger partial charge in [0.2, 0.25) is 0 Å². The number of nitrogens with two attached hydrogens (primary N) is 1. The maximum absolute atomic E-state index is 6.03. The first kappa shape index (κ1) is 8.69. The lowest BCUT2D eigenvalue weighted by Gasteiger charge is -2.17. The van der Waals surface area contributed by atoms with Gasteiger partial charge in [0.05, 0.1) is 5.54 Å². The van der Waals surface area contributed by atoms with E-state index in [2.05, 4.69) is 15.2 Å². The van der Waals surface area contributed by atoms with Crippen LogP contribution < -0.4 is 5.73 Å². The molecule has 3 N–H and O–H groups in total. The molecule has 0 amide bonds. The van der Waals surface area contributed by atoms with Crippen molar-refractivity contribution in [3.8, 4) is 0 Å². The summed E-state index contributed by atoms with van der Waals surface area (Å²) < 4.78 is 0. The molecule has 1 aliphatic carbocycles. The van der Waals surface area contributed by atoms with Crippen molar-refractivity contribution in [3.05, 3.63) is 11.6 Å². The smallest absolute Gasteiger partial charge is 0.170 e. The first-order valence-corrected chi connectivity index (χ1v) is 4.85. The molecule has 1 unspecified atom stereocenters. The fraction of sp³-hybridized carbons (Fsp3) is 0.778. The van der Waals surface area contributed by atoms with E-state index in [1.807, 2.05) is 13.8 Å². The summed E-state index contributed by atoms with van der Waals surface area (Å²) in [5.41, 5.74) is 5.64. The molecule has 0 aliphatic heterocycles. The van der Waals surface area contributed by atoms with Crippen molar-refractivity contribution >= 4 is 0 Å². The van der Waals surface area contributed by atoms with Crippen molar-refractivity contribution in [2.24, 2.45) is 5.73 Å². The summed E-state index contributed by atoms with van der Waals surface area (Å²) in [7, 11) is 0. The zero-order chi connectivity index (χ0) is 9.47. The van der Waals surface area contributed by atoms with Gasteiger partial charge in [-0.05, 0) is 26.2 Å². The average molecular weight is 180 g/mol. The third-order valence-electron chi connectivity index (χ3n) is 2.71. The van der Waals surface area contributed by atoms with Gasteiger partial charge < -0.3 is 5.73 Å². The van der Waals surface area contributed by atoms with E-state index < -0.39 is 0 Å². The van der Waals surface area contributed by atoms with Crippen molar-refractivity contribution in [1.82, 2.24) is 15.2 Å². The van der Waals surface area contributed by atoms with Gasteiger partial charge in [-0.1, -0.05) is 6.92 Å². The Morgan fingerprint density at radius 2 is 2.31 bits per heavy atom. The molecule has 0 saturated heterocycles. The van der Waals surface area contributed by atoms with Gasteiger partial charge in [0.15, 0.2) is 5.82 Å². The van der Waals surface area contributed by atoms with Crippen LogP contribution in [0.4, 0.5) is 0 Å². The molecule has 1 aromatic heterocycles. The molecule has 1 heterocycles. The summed E-state index contributed by atoms with van der Waals surface area (Å²) in [6, 6.07) is 0. The van der Waals surface area contributed by atoms with Gasteiger partial charge in [-0.3, -0.25) is 5.10 Å². The van der Waals surface area contributed by atoms with Crippen LogP contribution in [0.1, 0.15) is 50.7 Å². The molecule has 0 spiro atoms. The molecule has 2 rings (SSSR count). The van der Waals surface area contributed by atoms with Crippen LogP contribution in [-0.2, 0) is 5.54 Å². The van der Waals surface area contributed by atoms with E-state index in [-0.39, 0.29) is 5.54 Å². The maximum Gasteiger partial charge on any atom is 0.170 e. The van der Waals surface area contributed by atoms with Crippen LogP contribution in [0.5, 0.6) is 0 Å². The Balaban J connectivity index is 2.20. The van der Waals surface area contributed by atoms with E-state index in [0.717, 1.165) is 18.1 Å². The molecule has 1 atom stereocenters. The summed E-state index contributed by atoms with van der Waals surface area (Å²) in [4.78, 5) is 4.42. The third-order valence-corrected chi connectivity index (χ3v) is 2.71. The molecule has 72 valence electrons. The third kappa shape index (κ3) is 1.58. The minimum atomic E-state index is -0.385. The van der Waals surface area contributed by atoms with Gasteiger partial charge in [-0.2, -0.15) is 5.10 Å². The van der Waals surface area contributed by atoms with Crippen LogP contribution in [0.2, 0.25) is 0 Å². The lowest BCUT2D eigenvalue weighted by Crippen LogP contribution is -2.33. The zero-order valence-electron chi connectivity index (χ0n) is 8.17. The first-order valence-electron chi connectivity index (χ1n) is 4.85. The summed E-state index contributed by atoms with van der Waals surface area (Å²) in [5.74, 6) is 2.38. The highest BCUT2D eigenvalue weighted by Gasteiger charge is 2.30. The lowest BCUT2D eigenvalue weighted by molar-refractivity contribution is 0.447. The molecule has 4 nitrogen and oxygen atoms in total. The number of H-pyrrole nitrogens is 1. The number of hydrogen-bond donors (Lipinski definition) is 2. The molecule has 0 bridgehead atoms. The predicted octanol–water partition coefficient (Wildman–Crippen LogP) is 1.27. The molecule has 0 aromatic carbocycles. The zero-order valence-corrected chi connectivity index (χ0v) is 8.17. The second-order valence-electron chi connectivity index (χ2n) is 4.09. The van der Waals surface area contributed by atoms with Crippen molar-refractivity contribution in [2.75, 3.05) is 0 Å². The van der Waals surface area contributed by atoms with Crippen molar-refractivity contribution in [1.29, 1.82) is 0 Å². The second-order valence-corrected chi connectivity index (χ2v) is 4.09. The van der Waals surface area contributed by atoms with Crippen LogP contribution in [0.25, 0.3) is 0 Å². The van der Waals surface area contributed by atoms with E-state index in [1.165, 1.54) is 12.8 Å². The number of hydrogen-bond acceptors (Lipinski definition) is 3. The largest absolute Gasteiger partial charge is 0.319 e. The summed E-state index contributed by atoms with van der Waals surface area (Å²) in [6.45, 7) is 4.01. The van der Waals surface area contributed by atoms with Gasteiger partial charge in [-0.15, -0.1) is 0 Å². The lowest BCUT2D eigenvalue weighted by atomic mass is 10.0. The summed E-state index contributed by atoms with van der Waals surface area (Å²) >= 11 is 0. The topological polar surface area (TPSA) is 67.6 Å². The van der Waals surface area contributed by atoms with Crippen molar-refractivity contribution in [2.45, 2.75) is 44.6 Å². The number of rotatable bonds is 3. The van der Waals surface area contributed by atoms with Crippen LogP contribution >= 0.6 is 0 Å². The van der Waals surface area contributed by atoms with Crippen LogP contribution in [0.15, 0.2) is 0 Å². The Morgan fingerprint density at radius 3 is 2.85 bits per heavy atom. The van der Waals surface area contributed by atoms with Crippen molar-refractivity contribution in [3.63, 3.8) is 0 Å². The van der Waals surface area contributed by atoms with E-state index in [9.17, 15) is 0 Å². The van der Waals surface area contributed by atoms with Gasteiger partial charge >= 0.3 is 0 Å². The standard InChI is InChI=1S/C9H16N4/c1-3-9(2,10)8-11-7(12-13-8)6-4-5-6/h6H,3-5,10H2,1-2H3,(H,11,12,13). The van der Waals surface area contributed by atoms with E-state index in [4.69, 9.17) is 5.73 Å².